The molecule has 26 heavy (non-hydrogen) atoms. The minimum Gasteiger partial charge on any atom is -0.504 e. The van der Waals surface area contributed by atoms with Crippen LogP contribution in [0.15, 0.2) is 53.4 Å². The molecule has 1 N–H and O–H groups in total. The maximum atomic E-state index is 13.2. The number of benzene rings is 2. The fourth-order valence-corrected chi connectivity index (χ4v) is 4.18. The number of hydrogen-bond acceptors (Lipinski definition) is 6. The zero-order valence-electron chi connectivity index (χ0n) is 14.2. The molecule has 0 saturated carbocycles. The van der Waals surface area contributed by atoms with E-state index in [1.165, 1.54) is 37.4 Å². The van der Waals surface area contributed by atoms with Crippen LogP contribution in [0.25, 0.3) is 10.9 Å². The molecule has 0 unspecified atom stereocenters. The van der Waals surface area contributed by atoms with Gasteiger partial charge in [-0.25, -0.2) is 17.2 Å². The van der Waals surface area contributed by atoms with Gasteiger partial charge >= 0.3 is 5.97 Å². The molecule has 0 aliphatic carbocycles. The first kappa shape index (κ1) is 17.8. The Morgan fingerprint density at radius 3 is 2.46 bits per heavy atom. The predicted octanol–water partition coefficient (Wildman–Crippen LogP) is 2.77. The minimum atomic E-state index is -4.08. The number of aromatic hydroxyl groups is 1. The number of nitrogens with zero attached hydrogens (tertiary/aromatic N) is 1. The number of rotatable bonds is 5. The molecule has 0 aliphatic heterocycles. The summed E-state index contributed by atoms with van der Waals surface area (Å²) in [6, 6.07) is 11.8. The van der Waals surface area contributed by atoms with Gasteiger partial charge in [0, 0.05) is 11.5 Å². The fraction of sp³-hybridized carbons (Fsp3) is 0.167. The smallest absolute Gasteiger partial charge is 0.356 e. The van der Waals surface area contributed by atoms with Gasteiger partial charge in [-0.3, -0.25) is 0 Å². The maximum Gasteiger partial charge on any atom is 0.356 e. The highest BCUT2D eigenvalue weighted by Gasteiger charge is 2.28. The van der Waals surface area contributed by atoms with Gasteiger partial charge in [0.1, 0.15) is 5.69 Å². The number of methoxy groups -OCH3 is 1. The summed E-state index contributed by atoms with van der Waals surface area (Å²) in [5.74, 6) is -0.846. The molecule has 0 atom stereocenters. The van der Waals surface area contributed by atoms with Gasteiger partial charge in [0.05, 0.1) is 24.1 Å². The number of esters is 1. The van der Waals surface area contributed by atoms with E-state index in [0.717, 1.165) is 3.97 Å². The van der Waals surface area contributed by atoms with Crippen molar-refractivity contribution < 1.29 is 27.8 Å². The largest absolute Gasteiger partial charge is 0.504 e. The average Bonchev–Trinajstić information content (AvgIpc) is 3.01. The van der Waals surface area contributed by atoms with E-state index < -0.39 is 16.0 Å². The number of carbonyl (C=O) groups is 1. The Morgan fingerprint density at radius 1 is 1.15 bits per heavy atom. The first-order valence-corrected chi connectivity index (χ1v) is 9.24. The molecule has 136 valence electrons. The van der Waals surface area contributed by atoms with Gasteiger partial charge in [0.2, 0.25) is 0 Å². The Labute approximate surface area is 150 Å². The van der Waals surface area contributed by atoms with Crippen LogP contribution in [0.1, 0.15) is 17.4 Å². The predicted molar refractivity (Wildman–Crippen MR) is 95.1 cm³/mol. The van der Waals surface area contributed by atoms with Crippen molar-refractivity contribution in [1.29, 1.82) is 0 Å². The zero-order valence-corrected chi connectivity index (χ0v) is 15.0. The van der Waals surface area contributed by atoms with Crippen LogP contribution in [0.5, 0.6) is 11.5 Å². The topological polar surface area (TPSA) is 94.8 Å². The third kappa shape index (κ3) is 2.88. The molecule has 0 amide bonds. The summed E-state index contributed by atoms with van der Waals surface area (Å²) in [4.78, 5) is 12.4. The Hall–Kier alpha value is -3.00. The fourth-order valence-electron chi connectivity index (χ4n) is 2.67. The second kappa shape index (κ2) is 6.72. The third-order valence-corrected chi connectivity index (χ3v) is 5.57. The zero-order chi connectivity index (χ0) is 18.9. The SMILES string of the molecule is CCOC(=O)c1cc2cc(O)c(OC)cc2n1S(=O)(=O)c1ccccc1. The van der Waals surface area contributed by atoms with Crippen molar-refractivity contribution in [2.45, 2.75) is 11.8 Å². The summed E-state index contributed by atoms with van der Waals surface area (Å²) < 4.78 is 37.3. The highest BCUT2D eigenvalue weighted by atomic mass is 32.2. The normalized spacial score (nSPS) is 11.5. The van der Waals surface area contributed by atoms with Crippen molar-refractivity contribution in [3.63, 3.8) is 0 Å². The van der Waals surface area contributed by atoms with Gasteiger partial charge in [-0.05, 0) is 31.2 Å². The quantitative estimate of drug-likeness (QED) is 0.689. The Morgan fingerprint density at radius 2 is 1.85 bits per heavy atom. The van der Waals surface area contributed by atoms with E-state index in [-0.39, 0.29) is 34.2 Å². The third-order valence-electron chi connectivity index (χ3n) is 3.82. The average molecular weight is 375 g/mol. The van der Waals surface area contributed by atoms with Crippen molar-refractivity contribution in [1.82, 2.24) is 3.97 Å². The second-order valence-corrected chi connectivity index (χ2v) is 7.20. The van der Waals surface area contributed by atoms with E-state index in [2.05, 4.69) is 0 Å². The van der Waals surface area contributed by atoms with Gasteiger partial charge in [-0.15, -0.1) is 0 Å². The Kier molecular flexibility index (Phi) is 4.60. The molecule has 2 aromatic carbocycles. The van der Waals surface area contributed by atoms with E-state index in [4.69, 9.17) is 9.47 Å². The van der Waals surface area contributed by atoms with Crippen molar-refractivity contribution >= 4 is 26.9 Å². The molecule has 0 radical (unpaired) electrons. The lowest BCUT2D eigenvalue weighted by molar-refractivity contribution is 0.0518. The molecule has 3 aromatic rings. The van der Waals surface area contributed by atoms with Crippen LogP contribution >= 0.6 is 0 Å². The van der Waals surface area contributed by atoms with Crippen molar-refractivity contribution in [2.24, 2.45) is 0 Å². The van der Waals surface area contributed by atoms with E-state index in [1.807, 2.05) is 0 Å². The van der Waals surface area contributed by atoms with E-state index in [1.54, 1.807) is 25.1 Å². The first-order valence-electron chi connectivity index (χ1n) is 7.80. The standard InChI is InChI=1S/C18H17NO6S/c1-3-25-18(21)15-9-12-10-16(20)17(24-2)11-14(12)19(15)26(22,23)13-7-5-4-6-8-13/h4-11,20H,3H2,1-2H3. The maximum absolute atomic E-state index is 13.2. The lowest BCUT2D eigenvalue weighted by Crippen LogP contribution is -2.19. The minimum absolute atomic E-state index is 0.0232. The van der Waals surface area contributed by atoms with Gasteiger partial charge in [-0.2, -0.15) is 0 Å². The lowest BCUT2D eigenvalue weighted by atomic mass is 10.2. The van der Waals surface area contributed by atoms with Crippen LogP contribution in [0.4, 0.5) is 0 Å². The van der Waals surface area contributed by atoms with Crippen LogP contribution in [-0.4, -0.2) is 37.2 Å². The van der Waals surface area contributed by atoms with Crippen LogP contribution in [0.2, 0.25) is 0 Å². The Balaban J connectivity index is 2.37. The first-order chi connectivity index (χ1) is 12.4. The molecule has 7 nitrogen and oxygen atoms in total. The summed E-state index contributed by atoms with van der Waals surface area (Å²) in [7, 11) is -2.72. The lowest BCUT2D eigenvalue weighted by Gasteiger charge is -2.12. The molecule has 0 fully saturated rings. The number of fused-ring (bicyclic) bond motifs is 1. The summed E-state index contributed by atoms with van der Waals surface area (Å²) >= 11 is 0. The molecule has 0 aliphatic rings. The van der Waals surface area contributed by atoms with Gasteiger partial charge in [0.15, 0.2) is 11.5 Å². The van der Waals surface area contributed by atoms with Crippen LogP contribution in [0.3, 0.4) is 0 Å². The summed E-state index contributed by atoms with van der Waals surface area (Å²) in [6.45, 7) is 1.73. The summed E-state index contributed by atoms with van der Waals surface area (Å²) in [5.41, 5.74) is 0.0462. The molecule has 1 aromatic heterocycles. The second-order valence-electron chi connectivity index (χ2n) is 5.42. The molecular weight excluding hydrogens is 358 g/mol. The van der Waals surface area contributed by atoms with E-state index >= 15 is 0 Å². The van der Waals surface area contributed by atoms with E-state index in [9.17, 15) is 18.3 Å². The molecule has 0 bridgehead atoms. The molecule has 0 spiro atoms. The molecular formula is C18H17NO6S. The molecule has 0 saturated heterocycles. The van der Waals surface area contributed by atoms with Gasteiger partial charge < -0.3 is 14.6 Å². The highest BCUT2D eigenvalue weighted by Crippen LogP contribution is 2.35. The molecule has 3 rings (SSSR count). The molecule has 8 heteroatoms. The van der Waals surface area contributed by atoms with Gasteiger partial charge in [0.25, 0.3) is 10.0 Å². The number of hydrogen-bond donors (Lipinski definition) is 1. The van der Waals surface area contributed by atoms with Crippen LogP contribution in [0, 0.1) is 0 Å². The van der Waals surface area contributed by atoms with Crippen LogP contribution in [-0.2, 0) is 14.8 Å². The highest BCUT2D eigenvalue weighted by molar-refractivity contribution is 7.90. The monoisotopic (exact) mass is 375 g/mol. The number of phenols is 1. The molecule has 1 heterocycles. The van der Waals surface area contributed by atoms with Crippen LogP contribution < -0.4 is 4.74 Å². The number of carbonyl (C=O) groups excluding carboxylic acids is 1. The number of ether oxygens (including phenoxy) is 2. The number of aromatic nitrogens is 1. The van der Waals surface area contributed by atoms with E-state index in [0.29, 0.717) is 5.39 Å². The number of phenolic OH excluding ortho intramolecular Hbond substituents is 1. The van der Waals surface area contributed by atoms with Crippen molar-refractivity contribution in [2.75, 3.05) is 13.7 Å². The summed E-state index contributed by atoms with van der Waals surface area (Å²) in [6.07, 6.45) is 0. The van der Waals surface area contributed by atoms with Crippen molar-refractivity contribution in [3.8, 4) is 11.5 Å². The van der Waals surface area contributed by atoms with Crippen molar-refractivity contribution in [3.05, 3.63) is 54.2 Å². The summed E-state index contributed by atoms with van der Waals surface area (Å²) in [5, 5.41) is 10.3. The van der Waals surface area contributed by atoms with Gasteiger partial charge in [-0.1, -0.05) is 18.2 Å². The Bertz CT molecular complexity index is 1070.